The predicted molar refractivity (Wildman–Crippen MR) is 93.3 cm³/mol. The van der Waals surface area contributed by atoms with Crippen LogP contribution in [0.4, 0.5) is 0 Å². The van der Waals surface area contributed by atoms with Crippen LogP contribution in [0.2, 0.25) is 0 Å². The van der Waals surface area contributed by atoms with Crippen molar-refractivity contribution in [2.75, 3.05) is 20.8 Å². The van der Waals surface area contributed by atoms with Gasteiger partial charge >= 0.3 is 5.97 Å². The van der Waals surface area contributed by atoms with Crippen molar-refractivity contribution in [1.29, 1.82) is 5.26 Å². The summed E-state index contributed by atoms with van der Waals surface area (Å²) in [4.78, 5) is 11.8. The lowest BCUT2D eigenvalue weighted by molar-refractivity contribution is -0.137. The van der Waals surface area contributed by atoms with Crippen molar-refractivity contribution in [3.8, 4) is 17.6 Å². The van der Waals surface area contributed by atoms with E-state index in [-0.39, 0.29) is 12.2 Å². The van der Waals surface area contributed by atoms with Crippen LogP contribution in [-0.2, 0) is 16.1 Å². The van der Waals surface area contributed by atoms with Crippen LogP contribution in [0.25, 0.3) is 6.08 Å². The lowest BCUT2D eigenvalue weighted by atomic mass is 10.2. The minimum absolute atomic E-state index is 0.0370. The number of aromatic nitrogens is 1. The van der Waals surface area contributed by atoms with Crippen molar-refractivity contribution in [1.82, 2.24) is 4.57 Å². The number of carbonyl (C=O) groups is 1. The van der Waals surface area contributed by atoms with Gasteiger partial charge in [0.25, 0.3) is 0 Å². The number of carbonyl (C=O) groups excluding carboxylic acids is 1. The van der Waals surface area contributed by atoms with E-state index in [9.17, 15) is 10.1 Å². The first kappa shape index (κ1) is 18.1. The van der Waals surface area contributed by atoms with Crippen molar-refractivity contribution in [3.63, 3.8) is 0 Å². The van der Waals surface area contributed by atoms with Crippen molar-refractivity contribution in [2.24, 2.45) is 0 Å². The van der Waals surface area contributed by atoms with E-state index in [1.165, 1.54) is 6.08 Å². The summed E-state index contributed by atoms with van der Waals surface area (Å²) in [6.45, 7) is 2.46. The topological polar surface area (TPSA) is 73.5 Å². The third kappa shape index (κ3) is 4.64. The smallest absolute Gasteiger partial charge is 0.348 e. The molecular weight excluding hydrogens is 320 g/mol. The Kier molecular flexibility index (Phi) is 6.24. The normalized spacial score (nSPS) is 10.9. The highest BCUT2D eigenvalue weighted by molar-refractivity contribution is 5.97. The van der Waals surface area contributed by atoms with Gasteiger partial charge in [-0.15, -0.1) is 0 Å². The molecular formula is C19H20N2O4. The molecule has 0 radical (unpaired) electrons. The Labute approximate surface area is 146 Å². The highest BCUT2D eigenvalue weighted by atomic mass is 16.5. The van der Waals surface area contributed by atoms with Gasteiger partial charge in [-0.3, -0.25) is 0 Å². The number of hydrogen-bond donors (Lipinski definition) is 0. The molecule has 130 valence electrons. The highest BCUT2D eigenvalue weighted by Crippen LogP contribution is 2.23. The summed E-state index contributed by atoms with van der Waals surface area (Å²) < 4.78 is 17.4. The largest absolute Gasteiger partial charge is 0.497 e. The summed E-state index contributed by atoms with van der Waals surface area (Å²) in [7, 11) is 3.20. The number of rotatable bonds is 7. The van der Waals surface area contributed by atoms with Crippen LogP contribution in [0.5, 0.6) is 11.5 Å². The molecule has 1 aromatic heterocycles. The summed E-state index contributed by atoms with van der Waals surface area (Å²) in [5, 5.41) is 9.18. The first-order valence-electron chi connectivity index (χ1n) is 7.77. The van der Waals surface area contributed by atoms with Crippen molar-refractivity contribution >= 4 is 12.0 Å². The molecule has 0 saturated carbocycles. The molecule has 25 heavy (non-hydrogen) atoms. The van der Waals surface area contributed by atoms with Crippen LogP contribution in [0.3, 0.4) is 0 Å². The molecule has 0 aliphatic carbocycles. The summed E-state index contributed by atoms with van der Waals surface area (Å²) in [5.41, 5.74) is 1.66. The Bertz CT molecular complexity index is 793. The van der Waals surface area contributed by atoms with E-state index in [4.69, 9.17) is 14.2 Å². The maximum atomic E-state index is 11.8. The molecule has 0 amide bonds. The van der Waals surface area contributed by atoms with Gasteiger partial charge in [-0.2, -0.15) is 5.26 Å². The number of esters is 1. The zero-order valence-electron chi connectivity index (χ0n) is 14.5. The number of ether oxygens (including phenoxy) is 3. The van der Waals surface area contributed by atoms with E-state index >= 15 is 0 Å². The van der Waals surface area contributed by atoms with E-state index in [1.54, 1.807) is 27.2 Å². The van der Waals surface area contributed by atoms with Crippen molar-refractivity contribution < 1.29 is 19.0 Å². The Balaban J connectivity index is 2.31. The third-order valence-corrected chi connectivity index (χ3v) is 3.54. The Morgan fingerprint density at radius 2 is 1.92 bits per heavy atom. The first-order chi connectivity index (χ1) is 12.1. The van der Waals surface area contributed by atoms with Gasteiger partial charge in [0, 0.05) is 24.5 Å². The van der Waals surface area contributed by atoms with Crippen molar-refractivity contribution in [2.45, 2.75) is 13.5 Å². The molecule has 1 heterocycles. The van der Waals surface area contributed by atoms with Gasteiger partial charge in [0.05, 0.1) is 20.8 Å². The van der Waals surface area contributed by atoms with Gasteiger partial charge in [-0.1, -0.05) is 0 Å². The maximum absolute atomic E-state index is 11.8. The van der Waals surface area contributed by atoms with Crippen LogP contribution < -0.4 is 9.47 Å². The first-order valence-corrected chi connectivity index (χ1v) is 7.77. The fraction of sp³-hybridized carbons (Fsp3) is 0.263. The lowest BCUT2D eigenvalue weighted by Crippen LogP contribution is -2.07. The number of hydrogen-bond acceptors (Lipinski definition) is 5. The van der Waals surface area contributed by atoms with Gasteiger partial charge in [0.15, 0.2) is 0 Å². The third-order valence-electron chi connectivity index (χ3n) is 3.54. The molecule has 0 bridgehead atoms. The second-order valence-corrected chi connectivity index (χ2v) is 5.17. The van der Waals surface area contributed by atoms with E-state index in [0.717, 1.165) is 11.3 Å². The molecule has 6 nitrogen and oxygen atoms in total. The van der Waals surface area contributed by atoms with Gasteiger partial charge in [0.1, 0.15) is 23.1 Å². The second-order valence-electron chi connectivity index (χ2n) is 5.17. The molecule has 0 N–H and O–H groups in total. The SMILES string of the molecule is CCOC(=O)C(C#N)=Cc1cccn1Cc1cc(OC)cc(OC)c1. The summed E-state index contributed by atoms with van der Waals surface area (Å²) >= 11 is 0. The average molecular weight is 340 g/mol. The fourth-order valence-corrected chi connectivity index (χ4v) is 2.35. The molecule has 2 rings (SSSR count). The zero-order chi connectivity index (χ0) is 18.2. The fourth-order valence-electron chi connectivity index (χ4n) is 2.35. The predicted octanol–water partition coefficient (Wildman–Crippen LogP) is 3.02. The van der Waals surface area contributed by atoms with Crippen LogP contribution in [0.15, 0.2) is 42.1 Å². The van der Waals surface area contributed by atoms with E-state index in [2.05, 4.69) is 0 Å². The quantitative estimate of drug-likeness (QED) is 0.440. The second kappa shape index (κ2) is 8.60. The van der Waals surface area contributed by atoms with E-state index < -0.39 is 5.97 Å². The molecule has 1 aromatic carbocycles. The summed E-state index contributed by atoms with van der Waals surface area (Å²) in [6, 6.07) is 11.2. The van der Waals surface area contributed by atoms with Gasteiger partial charge in [-0.05, 0) is 42.8 Å². The number of nitrogens with zero attached hydrogens (tertiary/aromatic N) is 2. The number of benzene rings is 1. The minimum atomic E-state index is -0.624. The molecule has 6 heteroatoms. The van der Waals surface area contributed by atoms with Crippen LogP contribution in [0, 0.1) is 11.3 Å². The molecule has 0 spiro atoms. The van der Waals surface area contributed by atoms with Crippen LogP contribution in [0.1, 0.15) is 18.2 Å². The molecule has 0 unspecified atom stereocenters. The van der Waals surface area contributed by atoms with Crippen molar-refractivity contribution in [3.05, 3.63) is 53.4 Å². The molecule has 0 atom stereocenters. The molecule has 0 saturated heterocycles. The highest BCUT2D eigenvalue weighted by Gasteiger charge is 2.11. The van der Waals surface area contributed by atoms with E-state index in [0.29, 0.717) is 18.0 Å². The molecule has 0 aliphatic rings. The number of methoxy groups -OCH3 is 2. The lowest BCUT2D eigenvalue weighted by Gasteiger charge is -2.11. The zero-order valence-corrected chi connectivity index (χ0v) is 14.5. The van der Waals surface area contributed by atoms with E-state index in [1.807, 2.05) is 41.1 Å². The number of nitriles is 1. The molecule has 0 fully saturated rings. The summed E-state index contributed by atoms with van der Waals surface area (Å²) in [5.74, 6) is 0.770. The Morgan fingerprint density at radius 1 is 1.24 bits per heavy atom. The minimum Gasteiger partial charge on any atom is -0.497 e. The Hall–Kier alpha value is -3.20. The maximum Gasteiger partial charge on any atom is 0.348 e. The van der Waals surface area contributed by atoms with Crippen LogP contribution >= 0.6 is 0 Å². The Morgan fingerprint density at radius 3 is 2.48 bits per heavy atom. The van der Waals surface area contributed by atoms with Gasteiger partial charge in [0.2, 0.25) is 0 Å². The summed E-state index contributed by atoms with van der Waals surface area (Å²) in [6.07, 6.45) is 3.40. The average Bonchev–Trinajstić information content (AvgIpc) is 3.05. The van der Waals surface area contributed by atoms with Gasteiger partial charge in [-0.25, -0.2) is 4.79 Å². The monoisotopic (exact) mass is 340 g/mol. The molecule has 2 aromatic rings. The standard InChI is InChI=1S/C19H20N2O4/c1-4-25-19(22)15(12-20)10-16-6-5-7-21(16)13-14-8-17(23-2)11-18(9-14)24-3/h5-11H,4,13H2,1-3H3. The van der Waals surface area contributed by atoms with Crippen LogP contribution in [-0.4, -0.2) is 31.4 Å². The molecule has 0 aliphatic heterocycles. The van der Waals surface area contributed by atoms with Gasteiger partial charge < -0.3 is 18.8 Å².